The number of thiazole rings is 1. The van der Waals surface area contributed by atoms with Crippen molar-refractivity contribution in [3.8, 4) is 17.5 Å². The van der Waals surface area contributed by atoms with E-state index in [-0.39, 0.29) is 11.9 Å². The van der Waals surface area contributed by atoms with Crippen molar-refractivity contribution in [2.24, 2.45) is 0 Å². The summed E-state index contributed by atoms with van der Waals surface area (Å²) in [5.41, 5.74) is 2.46. The number of furan rings is 1. The van der Waals surface area contributed by atoms with Crippen LogP contribution < -0.4 is 0 Å². The van der Waals surface area contributed by atoms with E-state index in [1.54, 1.807) is 12.3 Å². The highest BCUT2D eigenvalue weighted by molar-refractivity contribution is 9.10. The molecule has 0 aliphatic carbocycles. The highest BCUT2D eigenvalue weighted by atomic mass is 79.9. The average molecular weight is 550 g/mol. The Morgan fingerprint density at radius 2 is 1.83 bits per heavy atom. The molecule has 1 atom stereocenters. The van der Waals surface area contributed by atoms with Crippen LogP contribution in [0.25, 0.3) is 16.5 Å². The molecule has 5 aromatic rings. The molecular formula is C26H24BrN5O2S. The molecule has 35 heavy (non-hydrogen) atoms. The van der Waals surface area contributed by atoms with Gasteiger partial charge in [0.25, 0.3) is 0 Å². The smallest absolute Gasteiger partial charge is 0.230 e. The normalized spacial score (nSPS) is 16.1. The third-order valence-electron chi connectivity index (χ3n) is 6.38. The van der Waals surface area contributed by atoms with E-state index in [0.717, 1.165) is 47.6 Å². The van der Waals surface area contributed by atoms with Crippen LogP contribution in [0.5, 0.6) is 5.88 Å². The second kappa shape index (κ2) is 9.58. The molecule has 0 bridgehead atoms. The summed E-state index contributed by atoms with van der Waals surface area (Å²) < 4.78 is 7.97. The van der Waals surface area contributed by atoms with E-state index >= 15 is 0 Å². The van der Waals surface area contributed by atoms with Crippen molar-refractivity contribution < 1.29 is 9.52 Å². The van der Waals surface area contributed by atoms with Crippen LogP contribution in [0.4, 0.5) is 0 Å². The van der Waals surface area contributed by atoms with Crippen molar-refractivity contribution in [1.82, 2.24) is 24.4 Å². The van der Waals surface area contributed by atoms with E-state index in [9.17, 15) is 5.11 Å². The maximum absolute atomic E-state index is 11.3. The number of halogens is 1. The van der Waals surface area contributed by atoms with Crippen molar-refractivity contribution in [3.63, 3.8) is 0 Å². The molecule has 0 radical (unpaired) electrons. The fourth-order valence-corrected chi connectivity index (χ4v) is 6.20. The highest BCUT2D eigenvalue weighted by Crippen LogP contribution is 2.41. The van der Waals surface area contributed by atoms with Gasteiger partial charge in [-0.3, -0.25) is 9.80 Å². The average Bonchev–Trinajstić information content (AvgIpc) is 3.60. The maximum Gasteiger partial charge on any atom is 0.230 e. The molecule has 3 aromatic heterocycles. The zero-order valence-corrected chi connectivity index (χ0v) is 21.3. The lowest BCUT2D eigenvalue weighted by atomic mass is 10.0. The number of rotatable bonds is 6. The van der Waals surface area contributed by atoms with Gasteiger partial charge in [0.2, 0.25) is 16.7 Å². The summed E-state index contributed by atoms with van der Waals surface area (Å²) in [4.78, 5) is 11.0. The summed E-state index contributed by atoms with van der Waals surface area (Å²) in [7, 11) is 0. The summed E-state index contributed by atoms with van der Waals surface area (Å²) in [5, 5.41) is 15.8. The van der Waals surface area contributed by atoms with Gasteiger partial charge in [-0.2, -0.15) is 9.50 Å². The van der Waals surface area contributed by atoms with Crippen LogP contribution in [0, 0.1) is 0 Å². The minimum Gasteiger partial charge on any atom is -0.492 e. The maximum atomic E-state index is 11.3. The van der Waals surface area contributed by atoms with Crippen molar-refractivity contribution in [1.29, 1.82) is 0 Å². The number of hydrogen-bond acceptors (Lipinski definition) is 7. The van der Waals surface area contributed by atoms with Crippen molar-refractivity contribution >= 4 is 32.2 Å². The number of piperazine rings is 1. The van der Waals surface area contributed by atoms with Gasteiger partial charge in [0.05, 0.1) is 17.2 Å². The lowest BCUT2D eigenvalue weighted by Gasteiger charge is -2.39. The summed E-state index contributed by atoms with van der Waals surface area (Å²) in [5.74, 6) is 1.18. The first-order valence-corrected chi connectivity index (χ1v) is 13.1. The molecule has 1 aliphatic heterocycles. The molecule has 7 nitrogen and oxygen atoms in total. The molecule has 6 rings (SSSR count). The van der Waals surface area contributed by atoms with Crippen molar-refractivity contribution in [3.05, 3.63) is 93.5 Å². The van der Waals surface area contributed by atoms with Crippen LogP contribution in [0.15, 0.2) is 81.9 Å². The number of fused-ring (bicyclic) bond motifs is 1. The van der Waals surface area contributed by atoms with E-state index in [4.69, 9.17) is 4.42 Å². The molecule has 0 saturated carbocycles. The van der Waals surface area contributed by atoms with Crippen molar-refractivity contribution in [2.45, 2.75) is 12.6 Å². The zero-order valence-electron chi connectivity index (χ0n) is 18.9. The van der Waals surface area contributed by atoms with Gasteiger partial charge >= 0.3 is 0 Å². The topological polar surface area (TPSA) is 70.0 Å². The lowest BCUT2D eigenvalue weighted by Crippen LogP contribution is -2.47. The van der Waals surface area contributed by atoms with Crippen LogP contribution in [-0.2, 0) is 6.54 Å². The molecular weight excluding hydrogens is 526 g/mol. The van der Waals surface area contributed by atoms with Crippen LogP contribution in [0.3, 0.4) is 0 Å². The first kappa shape index (κ1) is 22.5. The van der Waals surface area contributed by atoms with Crippen LogP contribution in [-0.4, -0.2) is 55.7 Å². The summed E-state index contributed by atoms with van der Waals surface area (Å²) in [6.07, 6.45) is 1.59. The van der Waals surface area contributed by atoms with Gasteiger partial charge in [-0.1, -0.05) is 69.7 Å². The summed E-state index contributed by atoms with van der Waals surface area (Å²) in [6.45, 7) is 4.67. The molecule has 0 spiro atoms. The van der Waals surface area contributed by atoms with Gasteiger partial charge in [-0.25, -0.2) is 0 Å². The molecule has 2 aromatic carbocycles. The molecule has 9 heteroatoms. The monoisotopic (exact) mass is 549 g/mol. The van der Waals surface area contributed by atoms with Gasteiger partial charge in [0, 0.05) is 37.2 Å². The molecule has 0 amide bonds. The molecule has 1 fully saturated rings. The third kappa shape index (κ3) is 4.52. The van der Waals surface area contributed by atoms with E-state index in [1.807, 2.05) is 18.2 Å². The van der Waals surface area contributed by atoms with Gasteiger partial charge < -0.3 is 9.52 Å². The van der Waals surface area contributed by atoms with Crippen LogP contribution in [0.2, 0.25) is 0 Å². The zero-order chi connectivity index (χ0) is 23.8. The second-order valence-corrected chi connectivity index (χ2v) is 10.6. The van der Waals surface area contributed by atoms with E-state index in [1.165, 1.54) is 21.4 Å². The Bertz CT molecular complexity index is 1430. The number of nitrogens with zero attached hydrogens (tertiary/aromatic N) is 5. The molecule has 1 aliphatic rings. The van der Waals surface area contributed by atoms with Crippen LogP contribution >= 0.6 is 27.3 Å². The lowest BCUT2D eigenvalue weighted by molar-refractivity contribution is 0.105. The Kier molecular flexibility index (Phi) is 6.15. The van der Waals surface area contributed by atoms with E-state index < -0.39 is 0 Å². The van der Waals surface area contributed by atoms with Gasteiger partial charge in [0.1, 0.15) is 0 Å². The quantitative estimate of drug-likeness (QED) is 0.304. The Morgan fingerprint density at radius 3 is 2.54 bits per heavy atom. The molecule has 178 valence electrons. The number of benzene rings is 2. The van der Waals surface area contributed by atoms with E-state index in [0.29, 0.717) is 16.5 Å². The number of hydrogen-bond donors (Lipinski definition) is 1. The minimum absolute atomic E-state index is 0.0908. The first-order chi connectivity index (χ1) is 17.2. The van der Waals surface area contributed by atoms with Crippen molar-refractivity contribution in [2.75, 3.05) is 26.2 Å². The summed E-state index contributed by atoms with van der Waals surface area (Å²) in [6, 6.07) is 22.4. The minimum atomic E-state index is -0.0908. The molecule has 4 heterocycles. The molecule has 1 N–H and O–H groups in total. The Balaban J connectivity index is 1.30. The first-order valence-electron chi connectivity index (χ1n) is 11.5. The Labute approximate surface area is 215 Å². The Morgan fingerprint density at radius 1 is 1.00 bits per heavy atom. The predicted octanol–water partition coefficient (Wildman–Crippen LogP) is 5.43. The van der Waals surface area contributed by atoms with Gasteiger partial charge in [-0.05, 0) is 35.4 Å². The number of aromatic hydroxyl groups is 1. The predicted molar refractivity (Wildman–Crippen MR) is 140 cm³/mol. The third-order valence-corrected chi connectivity index (χ3v) is 7.94. The Hall–Kier alpha value is -2.98. The van der Waals surface area contributed by atoms with E-state index in [2.05, 4.69) is 78.3 Å². The second-order valence-electron chi connectivity index (χ2n) is 8.65. The fourth-order valence-electron chi connectivity index (χ4n) is 4.66. The SMILES string of the molecule is Oc1c(C(c2cccc(Br)c2)N2CCN(Cc3ccccc3)CC2)sc2nc(-c3ccco3)nn12. The summed E-state index contributed by atoms with van der Waals surface area (Å²) >= 11 is 5.10. The molecule has 1 saturated heterocycles. The standard InChI is InChI=1S/C26H24BrN5O2S/c27-20-9-4-8-19(16-20)22(31-13-11-30(12-14-31)17-18-6-2-1-3-7-18)23-25(33)32-26(35-23)28-24(29-32)21-10-5-15-34-21/h1-10,15-16,22,33H,11-14,17H2. The highest BCUT2D eigenvalue weighted by Gasteiger charge is 2.32. The van der Waals surface area contributed by atoms with Gasteiger partial charge in [-0.15, -0.1) is 5.10 Å². The fraction of sp³-hybridized carbons (Fsp3) is 0.231. The largest absolute Gasteiger partial charge is 0.492 e. The van der Waals surface area contributed by atoms with Gasteiger partial charge in [0.15, 0.2) is 5.76 Å². The van der Waals surface area contributed by atoms with Crippen LogP contribution in [0.1, 0.15) is 22.0 Å². The molecule has 1 unspecified atom stereocenters. The number of aromatic nitrogens is 3.